The summed E-state index contributed by atoms with van der Waals surface area (Å²) in [6, 6.07) is 14.8. The van der Waals surface area contributed by atoms with Gasteiger partial charge in [-0.15, -0.1) is 11.3 Å². The molecule has 0 radical (unpaired) electrons. The SMILES string of the molecule is CC(=O)OC[C@H]1O[C@@H](n2c(-c3cccs3)cc(-c3ccc(C(C)C)cc3)c(C#N)c2=O)[C@H](OC(C)=O)[C@@H](OC(C)=O)[C@@H]1OC(C)=O. The number of benzene rings is 1. The van der Waals surface area contributed by atoms with Crippen LogP contribution in [0.3, 0.4) is 0 Å². The maximum Gasteiger partial charge on any atom is 0.303 e. The molecule has 0 bridgehead atoms. The van der Waals surface area contributed by atoms with Crippen LogP contribution in [0.25, 0.3) is 21.7 Å². The topological polar surface area (TPSA) is 160 Å². The normalized spacial score (nSPS) is 20.8. The average molecular weight is 651 g/mol. The lowest BCUT2D eigenvalue weighted by atomic mass is 9.94. The van der Waals surface area contributed by atoms with Crippen molar-refractivity contribution >= 4 is 35.2 Å². The van der Waals surface area contributed by atoms with Gasteiger partial charge in [0.15, 0.2) is 24.5 Å². The molecule has 12 nitrogen and oxygen atoms in total. The summed E-state index contributed by atoms with van der Waals surface area (Å²) in [6.45, 7) is 8.14. The van der Waals surface area contributed by atoms with Gasteiger partial charge < -0.3 is 23.7 Å². The largest absolute Gasteiger partial charge is 0.463 e. The summed E-state index contributed by atoms with van der Waals surface area (Å²) in [7, 11) is 0. The molecular formula is C33H34N2O10S. The number of nitriles is 1. The number of aromatic nitrogens is 1. The van der Waals surface area contributed by atoms with Crippen LogP contribution in [0.5, 0.6) is 0 Å². The third kappa shape index (κ3) is 7.52. The fourth-order valence-electron chi connectivity index (χ4n) is 5.29. The van der Waals surface area contributed by atoms with Gasteiger partial charge in [0, 0.05) is 33.3 Å². The quantitative estimate of drug-likeness (QED) is 0.237. The highest BCUT2D eigenvalue weighted by Gasteiger charge is 2.53. The molecule has 5 atom stereocenters. The number of carbonyl (C=O) groups excluding carboxylic acids is 4. The fraction of sp³-hybridized carbons (Fsp3) is 0.394. The van der Waals surface area contributed by atoms with Crippen LogP contribution < -0.4 is 5.56 Å². The lowest BCUT2D eigenvalue weighted by molar-refractivity contribution is -0.268. The van der Waals surface area contributed by atoms with Gasteiger partial charge in [0.1, 0.15) is 24.3 Å². The molecule has 0 spiro atoms. The summed E-state index contributed by atoms with van der Waals surface area (Å²) in [4.78, 5) is 63.8. The molecule has 2 aromatic heterocycles. The Morgan fingerprint density at radius 2 is 1.52 bits per heavy atom. The molecule has 3 heterocycles. The van der Waals surface area contributed by atoms with E-state index in [1.54, 1.807) is 23.6 Å². The molecular weight excluding hydrogens is 616 g/mol. The van der Waals surface area contributed by atoms with Gasteiger partial charge in [-0.1, -0.05) is 44.2 Å². The summed E-state index contributed by atoms with van der Waals surface area (Å²) < 4.78 is 29.3. The van der Waals surface area contributed by atoms with Crippen LogP contribution in [0.2, 0.25) is 0 Å². The number of ether oxygens (including phenoxy) is 5. The Morgan fingerprint density at radius 3 is 2.04 bits per heavy atom. The Hall–Kier alpha value is -4.80. The summed E-state index contributed by atoms with van der Waals surface area (Å²) in [6.07, 6.45) is -7.27. The lowest BCUT2D eigenvalue weighted by Crippen LogP contribution is -2.61. The van der Waals surface area contributed by atoms with E-state index >= 15 is 0 Å². The van der Waals surface area contributed by atoms with E-state index in [0.717, 1.165) is 37.8 Å². The van der Waals surface area contributed by atoms with Gasteiger partial charge >= 0.3 is 23.9 Å². The molecule has 3 aromatic rings. The first-order valence-electron chi connectivity index (χ1n) is 14.5. The van der Waals surface area contributed by atoms with Crippen molar-refractivity contribution in [3.05, 3.63) is 69.3 Å². The molecule has 4 rings (SSSR count). The van der Waals surface area contributed by atoms with E-state index in [9.17, 15) is 29.2 Å². The molecule has 1 aromatic carbocycles. The maximum absolute atomic E-state index is 14.4. The first-order chi connectivity index (χ1) is 21.8. The van der Waals surface area contributed by atoms with Gasteiger partial charge in [-0.25, -0.2) is 0 Å². The molecule has 0 aliphatic carbocycles. The number of pyridine rings is 1. The second-order valence-corrected chi connectivity index (χ2v) is 11.9. The number of hydrogen-bond donors (Lipinski definition) is 0. The Balaban J connectivity index is 2.01. The van der Waals surface area contributed by atoms with E-state index in [1.807, 2.05) is 30.3 Å². The number of carbonyl (C=O) groups is 4. The third-order valence-corrected chi connectivity index (χ3v) is 8.13. The van der Waals surface area contributed by atoms with Gasteiger partial charge in [-0.3, -0.25) is 28.5 Å². The molecule has 46 heavy (non-hydrogen) atoms. The van der Waals surface area contributed by atoms with Crippen LogP contribution in [0, 0.1) is 11.3 Å². The third-order valence-electron chi connectivity index (χ3n) is 7.24. The van der Waals surface area contributed by atoms with Crippen molar-refractivity contribution in [2.24, 2.45) is 0 Å². The van der Waals surface area contributed by atoms with E-state index in [-0.39, 0.29) is 11.5 Å². The highest BCUT2D eigenvalue weighted by Crippen LogP contribution is 2.39. The molecule has 1 fully saturated rings. The molecule has 0 unspecified atom stereocenters. The van der Waals surface area contributed by atoms with Crippen molar-refractivity contribution in [2.75, 3.05) is 6.61 Å². The summed E-state index contributed by atoms with van der Waals surface area (Å²) in [5, 5.41) is 12.1. The number of hydrogen-bond acceptors (Lipinski definition) is 12. The smallest absolute Gasteiger partial charge is 0.303 e. The Bertz CT molecular complexity index is 1710. The minimum absolute atomic E-state index is 0.217. The minimum atomic E-state index is -1.54. The minimum Gasteiger partial charge on any atom is -0.463 e. The molecule has 1 aliphatic rings. The first-order valence-corrected chi connectivity index (χ1v) is 15.3. The van der Waals surface area contributed by atoms with Gasteiger partial charge in [-0.2, -0.15) is 5.26 Å². The number of nitrogens with zero attached hydrogens (tertiary/aromatic N) is 2. The van der Waals surface area contributed by atoms with Crippen molar-refractivity contribution in [2.45, 2.75) is 78.1 Å². The predicted molar refractivity (Wildman–Crippen MR) is 165 cm³/mol. The fourth-order valence-corrected chi connectivity index (χ4v) is 6.03. The first kappa shape index (κ1) is 34.1. The summed E-state index contributed by atoms with van der Waals surface area (Å²) in [5.41, 5.74) is 1.38. The molecule has 1 aliphatic heterocycles. The second-order valence-electron chi connectivity index (χ2n) is 10.9. The van der Waals surface area contributed by atoms with Crippen LogP contribution in [0.15, 0.2) is 52.6 Å². The number of rotatable bonds is 9. The van der Waals surface area contributed by atoms with Gasteiger partial charge in [-0.05, 0) is 34.6 Å². The van der Waals surface area contributed by atoms with Crippen LogP contribution in [-0.2, 0) is 42.9 Å². The van der Waals surface area contributed by atoms with E-state index < -0.39 is 66.7 Å². The number of thiophene rings is 1. The van der Waals surface area contributed by atoms with Crippen LogP contribution in [0.1, 0.15) is 64.8 Å². The van der Waals surface area contributed by atoms with Crippen LogP contribution >= 0.6 is 11.3 Å². The Morgan fingerprint density at radius 1 is 0.913 bits per heavy atom. The van der Waals surface area contributed by atoms with E-state index in [1.165, 1.54) is 11.3 Å². The van der Waals surface area contributed by atoms with Crippen molar-refractivity contribution in [3.63, 3.8) is 0 Å². The molecule has 1 saturated heterocycles. The molecule has 0 saturated carbocycles. The van der Waals surface area contributed by atoms with Crippen LogP contribution in [0.4, 0.5) is 0 Å². The monoisotopic (exact) mass is 650 g/mol. The lowest BCUT2D eigenvalue weighted by Gasteiger charge is -2.45. The second kappa shape index (κ2) is 14.5. The van der Waals surface area contributed by atoms with Gasteiger partial charge in [0.25, 0.3) is 5.56 Å². The van der Waals surface area contributed by atoms with Gasteiger partial charge in [0.05, 0.1) is 10.6 Å². The van der Waals surface area contributed by atoms with Crippen molar-refractivity contribution in [1.82, 2.24) is 4.57 Å². The maximum atomic E-state index is 14.4. The highest BCUT2D eigenvalue weighted by atomic mass is 32.1. The summed E-state index contributed by atoms with van der Waals surface area (Å²) >= 11 is 1.31. The van der Waals surface area contributed by atoms with E-state index in [2.05, 4.69) is 13.8 Å². The zero-order valence-corrected chi connectivity index (χ0v) is 27.0. The Labute approximate surface area is 269 Å². The van der Waals surface area contributed by atoms with E-state index in [0.29, 0.717) is 21.7 Å². The molecule has 242 valence electrons. The van der Waals surface area contributed by atoms with Crippen molar-refractivity contribution < 1.29 is 42.9 Å². The molecule has 13 heteroatoms. The van der Waals surface area contributed by atoms with Crippen molar-refractivity contribution in [1.29, 1.82) is 5.26 Å². The average Bonchev–Trinajstić information content (AvgIpc) is 3.52. The summed E-state index contributed by atoms with van der Waals surface area (Å²) in [5.74, 6) is -2.82. The highest BCUT2D eigenvalue weighted by molar-refractivity contribution is 7.13. The Kier molecular flexibility index (Phi) is 10.8. The van der Waals surface area contributed by atoms with Gasteiger partial charge in [0.2, 0.25) is 0 Å². The molecule has 0 N–H and O–H groups in total. The number of esters is 4. The van der Waals surface area contributed by atoms with Crippen LogP contribution in [-0.4, -0.2) is 59.5 Å². The molecule has 0 amide bonds. The predicted octanol–water partition coefficient (Wildman–Crippen LogP) is 4.49. The zero-order chi connectivity index (χ0) is 33.7. The standard InChI is InChI=1S/C33H34N2O10S/c1-17(2)22-9-11-23(12-10-22)24-14-26(28-8-7-13-46-28)35(32(40)25(24)15-34)33-31(44-21(6)39)30(43-20(5)38)29(42-19(4)37)27(45-33)16-41-18(3)36/h7-14,17,27,29-31,33H,16H2,1-6H3/t27-,29-,30+,31-,33-/m1/s1. The van der Waals surface area contributed by atoms with Crippen molar-refractivity contribution in [3.8, 4) is 27.8 Å². The zero-order valence-electron chi connectivity index (χ0n) is 26.2. The van der Waals surface area contributed by atoms with E-state index in [4.69, 9.17) is 23.7 Å².